The van der Waals surface area contributed by atoms with Crippen LogP contribution in [0.15, 0.2) is 18.2 Å². The van der Waals surface area contributed by atoms with Gasteiger partial charge in [-0.25, -0.2) is 0 Å². The molecule has 0 saturated carbocycles. The van der Waals surface area contributed by atoms with Crippen LogP contribution in [0.25, 0.3) is 0 Å². The first-order chi connectivity index (χ1) is 8.22. The molecule has 0 amide bonds. The van der Waals surface area contributed by atoms with Gasteiger partial charge in [0.25, 0.3) is 0 Å². The fourth-order valence-electron chi connectivity index (χ4n) is 2.30. The SMILES string of the molecule is CCOC1CCN(c2cccc(Cl)c2N)CC1. The van der Waals surface area contributed by atoms with Crippen molar-refractivity contribution in [1.29, 1.82) is 0 Å². The van der Waals surface area contributed by atoms with Crippen LogP contribution in [0.5, 0.6) is 0 Å². The van der Waals surface area contributed by atoms with Gasteiger partial charge in [0, 0.05) is 19.7 Å². The van der Waals surface area contributed by atoms with Crippen LogP contribution in [0.4, 0.5) is 11.4 Å². The van der Waals surface area contributed by atoms with Crippen molar-refractivity contribution in [3.63, 3.8) is 0 Å². The van der Waals surface area contributed by atoms with E-state index in [9.17, 15) is 0 Å². The molecule has 1 saturated heterocycles. The molecular formula is C13H19ClN2O. The highest BCUT2D eigenvalue weighted by molar-refractivity contribution is 6.33. The number of anilines is 2. The lowest BCUT2D eigenvalue weighted by Gasteiger charge is -2.34. The van der Waals surface area contributed by atoms with E-state index in [-0.39, 0.29) is 0 Å². The van der Waals surface area contributed by atoms with Crippen molar-refractivity contribution in [2.75, 3.05) is 30.3 Å². The Bertz CT molecular complexity index is 376. The van der Waals surface area contributed by atoms with Gasteiger partial charge in [-0.3, -0.25) is 0 Å². The summed E-state index contributed by atoms with van der Waals surface area (Å²) < 4.78 is 5.64. The number of hydrogen-bond donors (Lipinski definition) is 1. The van der Waals surface area contributed by atoms with E-state index in [4.69, 9.17) is 22.1 Å². The van der Waals surface area contributed by atoms with E-state index in [2.05, 4.69) is 4.90 Å². The van der Waals surface area contributed by atoms with Crippen LogP contribution in [0.3, 0.4) is 0 Å². The minimum atomic E-state index is 0.400. The molecule has 1 aliphatic rings. The zero-order valence-corrected chi connectivity index (χ0v) is 10.9. The fourth-order valence-corrected chi connectivity index (χ4v) is 2.47. The maximum Gasteiger partial charge on any atom is 0.0741 e. The Morgan fingerprint density at radius 1 is 1.41 bits per heavy atom. The Kier molecular flexibility index (Phi) is 4.13. The molecule has 17 heavy (non-hydrogen) atoms. The molecule has 1 aromatic rings. The Morgan fingerprint density at radius 3 is 2.76 bits per heavy atom. The monoisotopic (exact) mass is 254 g/mol. The lowest BCUT2D eigenvalue weighted by atomic mass is 10.1. The molecule has 0 aliphatic carbocycles. The van der Waals surface area contributed by atoms with Crippen LogP contribution in [0.2, 0.25) is 5.02 Å². The molecule has 1 fully saturated rings. The molecule has 0 spiro atoms. The predicted octanol–water partition coefficient (Wildman–Crippen LogP) is 2.93. The molecule has 0 bridgehead atoms. The Hall–Kier alpha value is -0.930. The molecule has 1 aliphatic heterocycles. The number of nitrogens with zero attached hydrogens (tertiary/aromatic N) is 1. The molecule has 2 rings (SSSR count). The van der Waals surface area contributed by atoms with E-state index in [1.54, 1.807) is 0 Å². The van der Waals surface area contributed by atoms with Crippen LogP contribution in [-0.2, 0) is 4.74 Å². The number of nitrogen functional groups attached to an aromatic ring is 1. The topological polar surface area (TPSA) is 38.5 Å². The van der Waals surface area contributed by atoms with Crippen LogP contribution < -0.4 is 10.6 Å². The third-order valence-electron chi connectivity index (χ3n) is 3.21. The molecule has 0 unspecified atom stereocenters. The van der Waals surface area contributed by atoms with Gasteiger partial charge < -0.3 is 15.4 Å². The summed E-state index contributed by atoms with van der Waals surface area (Å²) in [4.78, 5) is 2.29. The molecule has 0 atom stereocenters. The van der Waals surface area contributed by atoms with Crippen LogP contribution in [-0.4, -0.2) is 25.8 Å². The minimum Gasteiger partial charge on any atom is -0.396 e. The summed E-state index contributed by atoms with van der Waals surface area (Å²) in [6.07, 6.45) is 2.51. The van der Waals surface area contributed by atoms with Crippen LogP contribution >= 0.6 is 11.6 Å². The van der Waals surface area contributed by atoms with Gasteiger partial charge in [0.15, 0.2) is 0 Å². The maximum absolute atomic E-state index is 6.04. The number of rotatable bonds is 3. The molecule has 4 heteroatoms. The lowest BCUT2D eigenvalue weighted by molar-refractivity contribution is 0.0459. The summed E-state index contributed by atoms with van der Waals surface area (Å²) >= 11 is 6.04. The first-order valence-electron chi connectivity index (χ1n) is 6.13. The minimum absolute atomic E-state index is 0.400. The molecule has 1 heterocycles. The van der Waals surface area contributed by atoms with Crippen molar-refractivity contribution in [3.05, 3.63) is 23.2 Å². The van der Waals surface area contributed by atoms with Gasteiger partial charge in [-0.1, -0.05) is 17.7 Å². The zero-order chi connectivity index (χ0) is 12.3. The molecule has 1 aromatic carbocycles. The number of para-hydroxylation sites is 1. The van der Waals surface area contributed by atoms with Gasteiger partial charge in [0.05, 0.1) is 22.5 Å². The average molecular weight is 255 g/mol. The first-order valence-corrected chi connectivity index (χ1v) is 6.50. The summed E-state index contributed by atoms with van der Waals surface area (Å²) in [6, 6.07) is 5.80. The third kappa shape index (κ3) is 2.85. The fraction of sp³-hybridized carbons (Fsp3) is 0.538. The van der Waals surface area contributed by atoms with E-state index in [1.165, 1.54) is 0 Å². The Morgan fingerprint density at radius 2 is 2.12 bits per heavy atom. The van der Waals surface area contributed by atoms with Gasteiger partial charge in [0.1, 0.15) is 0 Å². The van der Waals surface area contributed by atoms with Crippen molar-refractivity contribution in [1.82, 2.24) is 0 Å². The average Bonchev–Trinajstić information content (AvgIpc) is 2.34. The number of nitrogens with two attached hydrogens (primary N) is 1. The number of piperidine rings is 1. The van der Waals surface area contributed by atoms with E-state index < -0.39 is 0 Å². The van der Waals surface area contributed by atoms with E-state index in [0.717, 1.165) is 38.2 Å². The molecule has 3 nitrogen and oxygen atoms in total. The largest absolute Gasteiger partial charge is 0.396 e. The molecule has 94 valence electrons. The van der Waals surface area contributed by atoms with Crippen molar-refractivity contribution < 1.29 is 4.74 Å². The summed E-state index contributed by atoms with van der Waals surface area (Å²) in [5.74, 6) is 0. The summed E-state index contributed by atoms with van der Waals surface area (Å²) in [5.41, 5.74) is 7.73. The lowest BCUT2D eigenvalue weighted by Crippen LogP contribution is -2.37. The third-order valence-corrected chi connectivity index (χ3v) is 3.54. The van der Waals surface area contributed by atoms with Crippen molar-refractivity contribution in [3.8, 4) is 0 Å². The number of benzene rings is 1. The van der Waals surface area contributed by atoms with Crippen LogP contribution in [0.1, 0.15) is 19.8 Å². The quantitative estimate of drug-likeness (QED) is 0.843. The zero-order valence-electron chi connectivity index (χ0n) is 10.2. The second-order valence-corrected chi connectivity index (χ2v) is 4.72. The molecular weight excluding hydrogens is 236 g/mol. The molecule has 0 aromatic heterocycles. The molecule has 0 radical (unpaired) electrons. The summed E-state index contributed by atoms with van der Waals surface area (Å²) in [7, 11) is 0. The Balaban J connectivity index is 2.03. The molecule has 2 N–H and O–H groups in total. The van der Waals surface area contributed by atoms with Crippen molar-refractivity contribution in [2.24, 2.45) is 0 Å². The van der Waals surface area contributed by atoms with Gasteiger partial charge in [-0.15, -0.1) is 0 Å². The van der Waals surface area contributed by atoms with E-state index in [0.29, 0.717) is 16.8 Å². The van der Waals surface area contributed by atoms with Crippen LogP contribution in [0, 0.1) is 0 Å². The standard InChI is InChI=1S/C13H19ClN2O/c1-2-17-10-6-8-16(9-7-10)12-5-3-4-11(14)13(12)15/h3-5,10H,2,6-9,15H2,1H3. The highest BCUT2D eigenvalue weighted by Crippen LogP contribution is 2.31. The van der Waals surface area contributed by atoms with E-state index in [1.807, 2.05) is 25.1 Å². The predicted molar refractivity (Wildman–Crippen MR) is 72.7 cm³/mol. The number of halogens is 1. The highest BCUT2D eigenvalue weighted by atomic mass is 35.5. The number of hydrogen-bond acceptors (Lipinski definition) is 3. The highest BCUT2D eigenvalue weighted by Gasteiger charge is 2.21. The van der Waals surface area contributed by atoms with Crippen molar-refractivity contribution in [2.45, 2.75) is 25.9 Å². The smallest absolute Gasteiger partial charge is 0.0741 e. The van der Waals surface area contributed by atoms with Gasteiger partial charge in [0.2, 0.25) is 0 Å². The summed E-state index contributed by atoms with van der Waals surface area (Å²) in [6.45, 7) is 4.80. The maximum atomic E-state index is 6.04. The Labute approximate surface area is 107 Å². The van der Waals surface area contributed by atoms with Gasteiger partial charge in [-0.2, -0.15) is 0 Å². The van der Waals surface area contributed by atoms with Gasteiger partial charge in [-0.05, 0) is 31.9 Å². The second kappa shape index (κ2) is 5.61. The second-order valence-electron chi connectivity index (χ2n) is 4.31. The summed E-state index contributed by atoms with van der Waals surface area (Å²) in [5, 5.41) is 0.634. The first kappa shape index (κ1) is 12.5. The normalized spacial score (nSPS) is 17.4. The van der Waals surface area contributed by atoms with Crippen molar-refractivity contribution >= 4 is 23.0 Å². The van der Waals surface area contributed by atoms with Gasteiger partial charge >= 0.3 is 0 Å². The number of ether oxygens (including phenoxy) is 1. The van der Waals surface area contributed by atoms with E-state index >= 15 is 0 Å².